The molecule has 24 heteroatoms. The lowest BCUT2D eigenvalue weighted by atomic mass is 10.0. The van der Waals surface area contributed by atoms with Gasteiger partial charge in [-0.05, 0) is 85.3 Å². The van der Waals surface area contributed by atoms with Crippen molar-refractivity contribution in [2.45, 2.75) is 75.8 Å². The van der Waals surface area contributed by atoms with E-state index in [1.807, 2.05) is 0 Å². The summed E-state index contributed by atoms with van der Waals surface area (Å²) in [6.07, 6.45) is -2.00. The Labute approximate surface area is 445 Å². The van der Waals surface area contributed by atoms with Crippen LogP contribution in [0, 0.1) is 23.7 Å². The van der Waals surface area contributed by atoms with Gasteiger partial charge in [-0.3, -0.25) is 47.9 Å². The van der Waals surface area contributed by atoms with Crippen LogP contribution in [0.5, 0.6) is 0 Å². The minimum Gasteiger partial charge on any atom is -0.481 e. The molecule has 4 aromatic rings. The summed E-state index contributed by atoms with van der Waals surface area (Å²) in [6, 6.07) is 20.1. The Hall–Kier alpha value is -10.4. The van der Waals surface area contributed by atoms with Gasteiger partial charge >= 0.3 is 23.9 Å². The Morgan fingerprint density at radius 1 is 0.410 bits per heavy atom. The molecule has 0 aliphatic rings. The number of hydrogen-bond donors (Lipinski definition) is 12. The number of carboxylic acids is 4. The number of nitrogens with one attached hydrogen (secondary N) is 8. The van der Waals surface area contributed by atoms with Gasteiger partial charge in [-0.15, -0.1) is 0 Å². The van der Waals surface area contributed by atoms with Crippen LogP contribution in [0.3, 0.4) is 0 Å². The van der Waals surface area contributed by atoms with Crippen LogP contribution in [-0.2, 0) is 60.8 Å². The second-order valence-electron chi connectivity index (χ2n) is 17.1. The molecule has 4 rings (SSSR count). The van der Waals surface area contributed by atoms with Crippen LogP contribution < -0.4 is 42.5 Å². The molecule has 0 aliphatic carbocycles. The first-order chi connectivity index (χ1) is 37.1. The van der Waals surface area contributed by atoms with Crippen molar-refractivity contribution in [3.63, 3.8) is 0 Å². The molecule has 4 aromatic carbocycles. The second-order valence-corrected chi connectivity index (χ2v) is 17.1. The molecule has 0 saturated carbocycles. The molecule has 0 heterocycles. The summed E-state index contributed by atoms with van der Waals surface area (Å²) < 4.78 is 0. The fourth-order valence-corrected chi connectivity index (χ4v) is 6.86. The van der Waals surface area contributed by atoms with E-state index in [9.17, 15) is 67.7 Å². The second kappa shape index (κ2) is 30.1. The first-order valence-corrected chi connectivity index (χ1v) is 23.6. The minimum absolute atomic E-state index is 0.0929. The van der Waals surface area contributed by atoms with Crippen molar-refractivity contribution in [2.75, 3.05) is 13.1 Å². The number of amides is 8. The molecule has 0 fully saturated rings. The Balaban J connectivity index is 1.22. The topological polar surface area (TPSA) is 382 Å². The average molecular weight is 1070 g/mol. The summed E-state index contributed by atoms with van der Waals surface area (Å²) >= 11 is 0. The summed E-state index contributed by atoms with van der Waals surface area (Å²) in [5.41, 5.74) is 2.51. The first-order valence-electron chi connectivity index (χ1n) is 23.6. The van der Waals surface area contributed by atoms with Crippen molar-refractivity contribution in [2.24, 2.45) is 0 Å². The number of aliphatic carboxylic acids is 4. The largest absolute Gasteiger partial charge is 0.481 e. The molecule has 8 amide bonds. The van der Waals surface area contributed by atoms with Gasteiger partial charge in [-0.25, -0.2) is 9.59 Å². The van der Waals surface area contributed by atoms with Crippen molar-refractivity contribution < 1.29 is 78.0 Å². The highest BCUT2D eigenvalue weighted by Crippen LogP contribution is 2.09. The lowest BCUT2D eigenvalue weighted by molar-refractivity contribution is -0.147. The molecular weight excluding hydrogens is 1020 g/mol. The van der Waals surface area contributed by atoms with E-state index in [-0.39, 0.29) is 24.0 Å². The van der Waals surface area contributed by atoms with Gasteiger partial charge in [0.15, 0.2) is 0 Å². The molecule has 24 nitrogen and oxygen atoms in total. The van der Waals surface area contributed by atoms with Crippen LogP contribution in [-0.4, -0.2) is 141 Å². The van der Waals surface area contributed by atoms with Crippen molar-refractivity contribution in [1.29, 1.82) is 0 Å². The Bertz CT molecular complexity index is 2800. The van der Waals surface area contributed by atoms with E-state index in [0.29, 0.717) is 22.3 Å². The molecule has 0 unspecified atom stereocenters. The molecule has 0 bridgehead atoms. The number of hydrogen-bond acceptors (Lipinski definition) is 12. The maximum Gasteiger partial charge on any atom is 0.326 e. The smallest absolute Gasteiger partial charge is 0.326 e. The first kappa shape index (κ1) is 60.2. The van der Waals surface area contributed by atoms with Crippen molar-refractivity contribution in [3.8, 4) is 23.7 Å². The van der Waals surface area contributed by atoms with Gasteiger partial charge in [-0.1, -0.05) is 72.5 Å². The Kier molecular flexibility index (Phi) is 23.2. The van der Waals surface area contributed by atoms with Crippen LogP contribution >= 0.6 is 0 Å². The molecule has 0 aromatic heterocycles. The van der Waals surface area contributed by atoms with Gasteiger partial charge in [0.2, 0.25) is 35.4 Å². The number of rotatable bonds is 26. The SMILES string of the molecule is C[C@H](NC(=O)CNC(=O)c1ccc(C#CC#Cc2ccc(C(=O)NCC(=O)N[C@@H](C)C(=O)N[C@@H](Cc3ccccc3)C(=O)N[C@@H](CC(=O)O)C(=O)O)cc2)cc1)C(=O)N[C@@H](Cc1ccccc1)C(=O)N[C@@H](CC(=O)O)C(=O)O. The van der Waals surface area contributed by atoms with E-state index in [2.05, 4.69) is 66.2 Å². The predicted molar refractivity (Wildman–Crippen MR) is 274 cm³/mol. The van der Waals surface area contributed by atoms with E-state index in [4.69, 9.17) is 10.2 Å². The predicted octanol–water partition coefficient (Wildman–Crippen LogP) is -0.898. The third kappa shape index (κ3) is 20.9. The number of carbonyl (C=O) groups is 12. The summed E-state index contributed by atoms with van der Waals surface area (Å²) in [5.74, 6) is -1.47. The fraction of sp³-hybridized carbons (Fsp3) is 0.259. The fourth-order valence-electron chi connectivity index (χ4n) is 6.86. The van der Waals surface area contributed by atoms with E-state index >= 15 is 0 Å². The Morgan fingerprint density at radius 3 is 1.04 bits per heavy atom. The Morgan fingerprint density at radius 2 is 0.731 bits per heavy atom. The van der Waals surface area contributed by atoms with E-state index in [1.54, 1.807) is 84.9 Å². The van der Waals surface area contributed by atoms with Gasteiger partial charge in [0, 0.05) is 35.1 Å². The molecular formula is C54H54N8O16. The normalized spacial score (nSPS) is 12.6. The minimum atomic E-state index is -1.77. The summed E-state index contributed by atoms with van der Waals surface area (Å²) in [4.78, 5) is 149. The standard InChI is InChI=1S/C54H54N8O16/c1-31(47(69)59-39(25-35-13-5-3-6-14-35)51(73)61-41(53(75)76)27-45(65)66)57-43(63)29-55-49(71)37-21-17-33(18-22-37)11-9-10-12-34-19-23-38(24-20-34)50(72)56-30-44(64)58-32(2)48(70)60-40(26-36-15-7-4-8-16-36)52(74)62-42(54(77)78)28-46(67)68/h3-8,13-24,31-32,39-42H,25-30H2,1-2H3,(H,55,71)(H,56,72)(H,57,63)(H,58,64)(H,59,69)(H,60,70)(H,61,73)(H,62,74)(H,65,66)(H,67,68)(H,75,76)(H,77,78)/t31-,32-,39-,40-,41-,42-/m0/s1. The number of carboxylic acid groups (broad SMARTS) is 4. The third-order valence-corrected chi connectivity index (χ3v) is 10.9. The monoisotopic (exact) mass is 1070 g/mol. The van der Waals surface area contributed by atoms with Gasteiger partial charge in [0.25, 0.3) is 11.8 Å². The van der Waals surface area contributed by atoms with Crippen LogP contribution in [0.2, 0.25) is 0 Å². The summed E-state index contributed by atoms with van der Waals surface area (Å²) in [6.45, 7) is 1.57. The van der Waals surface area contributed by atoms with E-state index in [0.717, 1.165) is 0 Å². The molecule has 6 atom stereocenters. The van der Waals surface area contributed by atoms with Crippen LogP contribution in [0.25, 0.3) is 0 Å². The zero-order chi connectivity index (χ0) is 57.3. The maximum absolute atomic E-state index is 13.1. The van der Waals surface area contributed by atoms with Crippen LogP contribution in [0.15, 0.2) is 109 Å². The average Bonchev–Trinajstić information content (AvgIpc) is 3.40. The highest BCUT2D eigenvalue weighted by molar-refractivity contribution is 5.99. The van der Waals surface area contributed by atoms with Crippen molar-refractivity contribution in [1.82, 2.24) is 42.5 Å². The molecule has 0 radical (unpaired) electrons. The van der Waals surface area contributed by atoms with E-state index in [1.165, 1.54) is 38.1 Å². The quantitative estimate of drug-likeness (QED) is 0.0339. The lowest BCUT2D eigenvalue weighted by Gasteiger charge is -2.23. The highest BCUT2D eigenvalue weighted by atomic mass is 16.4. The molecule has 78 heavy (non-hydrogen) atoms. The van der Waals surface area contributed by atoms with E-state index < -0.39 is 133 Å². The summed E-state index contributed by atoms with van der Waals surface area (Å²) in [5, 5.41) is 55.7. The number of benzene rings is 4. The van der Waals surface area contributed by atoms with Crippen LogP contribution in [0.4, 0.5) is 0 Å². The van der Waals surface area contributed by atoms with Gasteiger partial charge < -0.3 is 63.0 Å². The molecule has 12 N–H and O–H groups in total. The van der Waals surface area contributed by atoms with Gasteiger partial charge in [0.05, 0.1) is 25.9 Å². The van der Waals surface area contributed by atoms with Crippen LogP contribution in [0.1, 0.15) is 69.7 Å². The van der Waals surface area contributed by atoms with Gasteiger partial charge in [0.1, 0.15) is 36.3 Å². The maximum atomic E-state index is 13.1. The molecule has 406 valence electrons. The van der Waals surface area contributed by atoms with Crippen molar-refractivity contribution >= 4 is 71.1 Å². The molecule has 0 saturated heterocycles. The number of carbonyl (C=O) groups excluding carboxylic acids is 8. The van der Waals surface area contributed by atoms with Crippen molar-refractivity contribution in [3.05, 3.63) is 143 Å². The molecule has 0 spiro atoms. The van der Waals surface area contributed by atoms with Gasteiger partial charge in [-0.2, -0.15) is 0 Å². The summed E-state index contributed by atoms with van der Waals surface area (Å²) in [7, 11) is 0. The zero-order valence-electron chi connectivity index (χ0n) is 41.8. The lowest BCUT2D eigenvalue weighted by Crippen LogP contribution is -2.56. The zero-order valence-corrected chi connectivity index (χ0v) is 41.8. The third-order valence-electron chi connectivity index (χ3n) is 10.9. The molecule has 0 aliphatic heterocycles. The highest BCUT2D eigenvalue weighted by Gasteiger charge is 2.32.